The monoisotopic (exact) mass is 374 g/mol. The van der Waals surface area contributed by atoms with Crippen LogP contribution >= 0.6 is 11.3 Å². The third-order valence-electron chi connectivity index (χ3n) is 4.00. The summed E-state index contributed by atoms with van der Waals surface area (Å²) in [4.78, 5) is 27.7. The van der Waals surface area contributed by atoms with Gasteiger partial charge < -0.3 is 5.11 Å². The standard InChI is InChI=1S/C16H18N6O3S/c1-4-21-9(2)11(7-17-21)13-8-26-16(18-13)19-14(23)12-5-6-22(20-12)10(3)15(24)25/h5-8,10H,4H2,1-3H3,(H,24,25)(H,18,19,23). The maximum Gasteiger partial charge on any atom is 0.328 e. The van der Waals surface area contributed by atoms with E-state index in [4.69, 9.17) is 5.11 Å². The molecule has 1 atom stereocenters. The van der Waals surface area contributed by atoms with Crippen molar-refractivity contribution in [3.8, 4) is 11.3 Å². The van der Waals surface area contributed by atoms with Crippen molar-refractivity contribution >= 4 is 28.3 Å². The zero-order valence-corrected chi connectivity index (χ0v) is 15.3. The lowest BCUT2D eigenvalue weighted by Gasteiger charge is -2.05. The SMILES string of the molecule is CCn1ncc(-c2csc(NC(=O)c3ccn(C(C)C(=O)O)n3)n2)c1C. The van der Waals surface area contributed by atoms with Crippen LogP contribution in [0.1, 0.15) is 36.1 Å². The number of rotatable bonds is 6. The molecule has 0 aliphatic rings. The van der Waals surface area contributed by atoms with E-state index in [-0.39, 0.29) is 5.69 Å². The summed E-state index contributed by atoms with van der Waals surface area (Å²) in [6.45, 7) is 6.25. The van der Waals surface area contributed by atoms with Crippen LogP contribution in [0.15, 0.2) is 23.8 Å². The molecule has 9 nitrogen and oxygen atoms in total. The average Bonchev–Trinajstić information content (AvgIpc) is 3.33. The molecule has 0 bridgehead atoms. The maximum atomic E-state index is 12.3. The summed E-state index contributed by atoms with van der Waals surface area (Å²) < 4.78 is 3.11. The number of nitrogens with one attached hydrogen (secondary N) is 1. The second-order valence-corrected chi connectivity index (χ2v) is 6.50. The maximum absolute atomic E-state index is 12.3. The molecule has 3 heterocycles. The summed E-state index contributed by atoms with van der Waals surface area (Å²) in [5, 5.41) is 22.3. The van der Waals surface area contributed by atoms with Crippen LogP contribution in [0, 0.1) is 6.92 Å². The van der Waals surface area contributed by atoms with Crippen LogP contribution in [0.3, 0.4) is 0 Å². The minimum atomic E-state index is -1.02. The van der Waals surface area contributed by atoms with Gasteiger partial charge in [0.2, 0.25) is 0 Å². The summed E-state index contributed by atoms with van der Waals surface area (Å²) >= 11 is 1.30. The molecule has 26 heavy (non-hydrogen) atoms. The van der Waals surface area contributed by atoms with E-state index in [9.17, 15) is 9.59 Å². The van der Waals surface area contributed by atoms with Crippen LogP contribution in [0.25, 0.3) is 11.3 Å². The number of aryl methyl sites for hydroxylation is 1. The average molecular weight is 374 g/mol. The van der Waals surface area contributed by atoms with Gasteiger partial charge in [-0.1, -0.05) is 0 Å². The molecular weight excluding hydrogens is 356 g/mol. The third-order valence-corrected chi connectivity index (χ3v) is 4.76. The van der Waals surface area contributed by atoms with E-state index in [1.165, 1.54) is 35.2 Å². The number of amides is 1. The van der Waals surface area contributed by atoms with Crippen LogP contribution in [0.2, 0.25) is 0 Å². The third kappa shape index (κ3) is 3.36. The molecule has 0 fully saturated rings. The number of aromatic nitrogens is 5. The molecule has 0 radical (unpaired) electrons. The molecule has 0 saturated carbocycles. The Hall–Kier alpha value is -3.01. The summed E-state index contributed by atoms with van der Waals surface area (Å²) in [5.74, 6) is -1.46. The highest BCUT2D eigenvalue weighted by molar-refractivity contribution is 7.14. The van der Waals surface area contributed by atoms with Gasteiger partial charge in [-0.25, -0.2) is 9.78 Å². The van der Waals surface area contributed by atoms with Gasteiger partial charge in [0.25, 0.3) is 5.91 Å². The van der Waals surface area contributed by atoms with Crippen LogP contribution in [0.4, 0.5) is 5.13 Å². The Morgan fingerprint density at radius 2 is 2.19 bits per heavy atom. The molecule has 136 valence electrons. The van der Waals surface area contributed by atoms with E-state index in [1.807, 2.05) is 23.9 Å². The van der Waals surface area contributed by atoms with Crippen molar-refractivity contribution in [1.82, 2.24) is 24.5 Å². The Labute approximate surface area is 153 Å². The Morgan fingerprint density at radius 1 is 1.42 bits per heavy atom. The lowest BCUT2D eigenvalue weighted by atomic mass is 10.2. The highest BCUT2D eigenvalue weighted by atomic mass is 32.1. The lowest BCUT2D eigenvalue weighted by molar-refractivity contribution is -0.140. The van der Waals surface area contributed by atoms with E-state index in [1.54, 1.807) is 6.20 Å². The summed E-state index contributed by atoms with van der Waals surface area (Å²) in [5.41, 5.74) is 2.80. The number of carboxylic acid groups (broad SMARTS) is 1. The fourth-order valence-corrected chi connectivity index (χ4v) is 3.13. The Morgan fingerprint density at radius 3 is 2.85 bits per heavy atom. The highest BCUT2D eigenvalue weighted by Crippen LogP contribution is 2.27. The Bertz CT molecular complexity index is 957. The van der Waals surface area contributed by atoms with Crippen molar-refractivity contribution in [3.63, 3.8) is 0 Å². The number of hydrogen-bond acceptors (Lipinski definition) is 6. The van der Waals surface area contributed by atoms with Crippen molar-refractivity contribution < 1.29 is 14.7 Å². The van der Waals surface area contributed by atoms with Gasteiger partial charge in [-0.2, -0.15) is 10.2 Å². The van der Waals surface area contributed by atoms with Crippen molar-refractivity contribution in [2.45, 2.75) is 33.4 Å². The van der Waals surface area contributed by atoms with Crippen LogP contribution in [0.5, 0.6) is 0 Å². The van der Waals surface area contributed by atoms with Crippen molar-refractivity contribution in [3.05, 3.63) is 35.2 Å². The number of anilines is 1. The normalized spacial score (nSPS) is 12.1. The number of nitrogens with zero attached hydrogens (tertiary/aromatic N) is 5. The molecule has 2 N–H and O–H groups in total. The predicted molar refractivity (Wildman–Crippen MR) is 96.3 cm³/mol. The molecule has 10 heteroatoms. The van der Waals surface area contributed by atoms with Gasteiger partial charge in [0.05, 0.1) is 11.9 Å². The highest BCUT2D eigenvalue weighted by Gasteiger charge is 2.18. The molecule has 1 amide bonds. The smallest absolute Gasteiger partial charge is 0.328 e. The molecule has 0 aliphatic carbocycles. The van der Waals surface area contributed by atoms with Crippen LogP contribution in [-0.2, 0) is 11.3 Å². The zero-order chi connectivity index (χ0) is 18.8. The van der Waals surface area contributed by atoms with Gasteiger partial charge in [0, 0.05) is 29.4 Å². The zero-order valence-electron chi connectivity index (χ0n) is 14.5. The Kier molecular flexibility index (Phi) is 4.85. The molecule has 3 aromatic heterocycles. The lowest BCUT2D eigenvalue weighted by Crippen LogP contribution is -2.18. The number of carboxylic acids is 1. The molecule has 0 saturated heterocycles. The van der Waals surface area contributed by atoms with E-state index in [2.05, 4.69) is 20.5 Å². The predicted octanol–water partition coefficient (Wildman–Crippen LogP) is 2.43. The van der Waals surface area contributed by atoms with Gasteiger partial charge >= 0.3 is 5.97 Å². The van der Waals surface area contributed by atoms with Crippen molar-refractivity contribution in [2.24, 2.45) is 0 Å². The molecule has 3 aromatic rings. The number of thiazole rings is 1. The summed E-state index contributed by atoms with van der Waals surface area (Å²) in [7, 11) is 0. The van der Waals surface area contributed by atoms with Gasteiger partial charge in [0.15, 0.2) is 10.8 Å². The molecule has 0 spiro atoms. The molecule has 1 unspecified atom stereocenters. The number of hydrogen-bond donors (Lipinski definition) is 2. The van der Waals surface area contributed by atoms with Gasteiger partial charge in [0.1, 0.15) is 6.04 Å². The van der Waals surface area contributed by atoms with Crippen molar-refractivity contribution in [2.75, 3.05) is 5.32 Å². The van der Waals surface area contributed by atoms with Crippen molar-refractivity contribution in [1.29, 1.82) is 0 Å². The van der Waals surface area contributed by atoms with Gasteiger partial charge in [-0.15, -0.1) is 11.3 Å². The fourth-order valence-electron chi connectivity index (χ4n) is 2.42. The second kappa shape index (κ2) is 7.08. The molecule has 3 rings (SSSR count). The Balaban J connectivity index is 1.74. The number of carbonyl (C=O) groups is 2. The van der Waals surface area contributed by atoms with E-state index in [0.717, 1.165) is 23.5 Å². The topological polar surface area (TPSA) is 115 Å². The first-order valence-electron chi connectivity index (χ1n) is 7.98. The summed E-state index contributed by atoms with van der Waals surface area (Å²) in [6.07, 6.45) is 3.22. The first-order valence-corrected chi connectivity index (χ1v) is 8.86. The van der Waals surface area contributed by atoms with Crippen LogP contribution < -0.4 is 5.32 Å². The summed E-state index contributed by atoms with van der Waals surface area (Å²) in [6, 6.07) is 0.625. The largest absolute Gasteiger partial charge is 0.480 e. The minimum absolute atomic E-state index is 0.129. The fraction of sp³-hybridized carbons (Fsp3) is 0.312. The molecule has 0 aromatic carbocycles. The van der Waals surface area contributed by atoms with E-state index >= 15 is 0 Å². The van der Waals surface area contributed by atoms with Gasteiger partial charge in [-0.05, 0) is 26.8 Å². The van der Waals surface area contributed by atoms with Gasteiger partial charge in [-0.3, -0.25) is 19.5 Å². The number of aliphatic carboxylic acids is 1. The van der Waals surface area contributed by atoms with E-state index < -0.39 is 17.9 Å². The van der Waals surface area contributed by atoms with Crippen LogP contribution in [-0.4, -0.2) is 41.5 Å². The molecular formula is C16H18N6O3S. The molecule has 0 aliphatic heterocycles. The number of carbonyl (C=O) groups excluding carboxylic acids is 1. The first-order chi connectivity index (χ1) is 12.4. The second-order valence-electron chi connectivity index (χ2n) is 5.65. The quantitative estimate of drug-likeness (QED) is 0.685. The van der Waals surface area contributed by atoms with E-state index in [0.29, 0.717) is 5.13 Å². The first kappa shape index (κ1) is 17.8. The minimum Gasteiger partial charge on any atom is -0.480 e.